The number of hydrogen-bond acceptors (Lipinski definition) is 4. The summed E-state index contributed by atoms with van der Waals surface area (Å²) < 4.78 is 6.73. The number of ether oxygens (including phenoxy) is 1. The molecule has 5 nitrogen and oxygen atoms in total. The van der Waals surface area contributed by atoms with Gasteiger partial charge in [0.1, 0.15) is 18.5 Å². The van der Waals surface area contributed by atoms with Crippen molar-refractivity contribution in [3.63, 3.8) is 0 Å². The Morgan fingerprint density at radius 2 is 1.85 bits per heavy atom. The van der Waals surface area contributed by atoms with Gasteiger partial charge in [-0.2, -0.15) is 0 Å². The van der Waals surface area contributed by atoms with E-state index < -0.39 is 6.10 Å². The molecular formula is C21H25BrN2O3. The van der Waals surface area contributed by atoms with Crippen LogP contribution in [0.15, 0.2) is 53.0 Å². The van der Waals surface area contributed by atoms with E-state index in [2.05, 4.69) is 50.8 Å². The SMILES string of the molecule is CC(=O)Nc1ccc(OCC(O)CNC2(c3ccc(Br)cc3)CCC2)cc1. The molecule has 0 aromatic heterocycles. The monoisotopic (exact) mass is 432 g/mol. The average molecular weight is 433 g/mol. The zero-order valence-corrected chi connectivity index (χ0v) is 17.0. The number of carbonyl (C=O) groups is 1. The smallest absolute Gasteiger partial charge is 0.221 e. The van der Waals surface area contributed by atoms with E-state index >= 15 is 0 Å². The second-order valence-corrected chi connectivity index (χ2v) is 7.91. The van der Waals surface area contributed by atoms with Crippen molar-refractivity contribution in [1.82, 2.24) is 5.32 Å². The molecule has 1 amide bonds. The van der Waals surface area contributed by atoms with Gasteiger partial charge in [0.25, 0.3) is 0 Å². The third kappa shape index (κ3) is 5.31. The zero-order valence-electron chi connectivity index (χ0n) is 15.4. The highest BCUT2D eigenvalue weighted by atomic mass is 79.9. The first-order valence-electron chi connectivity index (χ1n) is 9.16. The Morgan fingerprint density at radius 3 is 2.41 bits per heavy atom. The van der Waals surface area contributed by atoms with E-state index in [9.17, 15) is 9.90 Å². The van der Waals surface area contributed by atoms with Gasteiger partial charge in [0.05, 0.1) is 0 Å². The Labute approximate surface area is 168 Å². The van der Waals surface area contributed by atoms with Crippen LogP contribution in [-0.2, 0) is 10.3 Å². The van der Waals surface area contributed by atoms with Crippen molar-refractivity contribution in [3.8, 4) is 5.75 Å². The fraction of sp³-hybridized carbons (Fsp3) is 0.381. The molecule has 1 fully saturated rings. The van der Waals surface area contributed by atoms with Crippen molar-refractivity contribution in [2.24, 2.45) is 0 Å². The molecule has 0 aliphatic heterocycles. The summed E-state index contributed by atoms with van der Waals surface area (Å²) in [4.78, 5) is 11.0. The predicted molar refractivity (Wildman–Crippen MR) is 110 cm³/mol. The van der Waals surface area contributed by atoms with Crippen molar-refractivity contribution >= 4 is 27.5 Å². The number of aliphatic hydroxyl groups excluding tert-OH is 1. The van der Waals surface area contributed by atoms with Crippen LogP contribution in [0.25, 0.3) is 0 Å². The first kappa shape index (κ1) is 19.9. The van der Waals surface area contributed by atoms with Crippen molar-refractivity contribution in [1.29, 1.82) is 0 Å². The molecule has 1 unspecified atom stereocenters. The van der Waals surface area contributed by atoms with Gasteiger partial charge in [-0.3, -0.25) is 4.79 Å². The Balaban J connectivity index is 1.48. The Hall–Kier alpha value is -1.89. The molecule has 6 heteroatoms. The normalized spacial score (nSPS) is 16.3. The number of benzene rings is 2. The van der Waals surface area contributed by atoms with Gasteiger partial charge in [0, 0.05) is 29.2 Å². The van der Waals surface area contributed by atoms with Gasteiger partial charge in [-0.1, -0.05) is 28.1 Å². The van der Waals surface area contributed by atoms with E-state index in [0.717, 1.165) is 23.0 Å². The fourth-order valence-corrected chi connectivity index (χ4v) is 3.53. The zero-order chi connectivity index (χ0) is 19.3. The summed E-state index contributed by atoms with van der Waals surface area (Å²) in [5.41, 5.74) is 1.94. The lowest BCUT2D eigenvalue weighted by molar-refractivity contribution is -0.114. The quantitative estimate of drug-likeness (QED) is 0.592. The molecule has 1 saturated carbocycles. The van der Waals surface area contributed by atoms with E-state index in [1.807, 2.05) is 0 Å². The van der Waals surface area contributed by atoms with E-state index in [0.29, 0.717) is 12.3 Å². The Morgan fingerprint density at radius 1 is 1.19 bits per heavy atom. The van der Waals surface area contributed by atoms with Gasteiger partial charge in [-0.25, -0.2) is 0 Å². The molecule has 1 aliphatic carbocycles. The number of carbonyl (C=O) groups excluding carboxylic acids is 1. The van der Waals surface area contributed by atoms with Gasteiger partial charge in [0.15, 0.2) is 0 Å². The summed E-state index contributed by atoms with van der Waals surface area (Å²) in [6.07, 6.45) is 2.74. The third-order valence-electron chi connectivity index (χ3n) is 4.90. The second-order valence-electron chi connectivity index (χ2n) is 6.99. The molecule has 0 radical (unpaired) electrons. The first-order chi connectivity index (χ1) is 13.0. The lowest BCUT2D eigenvalue weighted by atomic mass is 9.72. The number of anilines is 1. The number of nitrogens with one attached hydrogen (secondary N) is 2. The molecule has 2 aromatic rings. The van der Waals surface area contributed by atoms with Crippen LogP contribution in [0, 0.1) is 0 Å². The first-order valence-corrected chi connectivity index (χ1v) is 9.96. The van der Waals surface area contributed by atoms with Crippen molar-refractivity contribution in [3.05, 3.63) is 58.6 Å². The standard InChI is InChI=1S/C21H25BrN2O3/c1-15(25)24-18-7-9-20(10-8-18)27-14-19(26)13-23-21(11-2-12-21)16-3-5-17(22)6-4-16/h3-10,19,23,26H,2,11-14H2,1H3,(H,24,25). The lowest BCUT2D eigenvalue weighted by Crippen LogP contribution is -2.51. The van der Waals surface area contributed by atoms with Gasteiger partial charge >= 0.3 is 0 Å². The summed E-state index contributed by atoms with van der Waals surface area (Å²) in [7, 11) is 0. The van der Waals surface area contributed by atoms with E-state index in [-0.39, 0.29) is 18.1 Å². The Bertz CT molecular complexity index is 758. The minimum atomic E-state index is -0.604. The van der Waals surface area contributed by atoms with Gasteiger partial charge < -0.3 is 20.5 Å². The maximum atomic E-state index is 11.0. The number of aliphatic hydroxyl groups is 1. The lowest BCUT2D eigenvalue weighted by Gasteiger charge is -2.44. The molecule has 3 N–H and O–H groups in total. The highest BCUT2D eigenvalue weighted by Gasteiger charge is 2.38. The summed E-state index contributed by atoms with van der Waals surface area (Å²) in [6.45, 7) is 2.15. The number of amides is 1. The predicted octanol–water partition coefficient (Wildman–Crippen LogP) is 3.82. The largest absolute Gasteiger partial charge is 0.491 e. The van der Waals surface area contributed by atoms with Crippen LogP contribution in [0.3, 0.4) is 0 Å². The van der Waals surface area contributed by atoms with Gasteiger partial charge in [-0.05, 0) is 61.2 Å². The summed E-state index contributed by atoms with van der Waals surface area (Å²) in [5.74, 6) is 0.551. The summed E-state index contributed by atoms with van der Waals surface area (Å²) >= 11 is 3.48. The highest BCUT2D eigenvalue weighted by Crippen LogP contribution is 2.41. The maximum Gasteiger partial charge on any atom is 0.221 e. The van der Waals surface area contributed by atoms with Crippen LogP contribution >= 0.6 is 15.9 Å². The molecule has 1 aliphatic rings. The van der Waals surface area contributed by atoms with E-state index in [1.54, 1.807) is 24.3 Å². The van der Waals surface area contributed by atoms with Crippen LogP contribution in [0.4, 0.5) is 5.69 Å². The summed E-state index contributed by atoms with van der Waals surface area (Å²) in [6, 6.07) is 15.5. The summed E-state index contributed by atoms with van der Waals surface area (Å²) in [5, 5.41) is 16.6. The Kier molecular flexibility index (Phi) is 6.52. The minimum absolute atomic E-state index is 0.0400. The molecule has 144 valence electrons. The average Bonchev–Trinajstić information content (AvgIpc) is 2.61. The second kappa shape index (κ2) is 8.87. The molecule has 0 bridgehead atoms. The van der Waals surface area contributed by atoms with Crippen molar-refractivity contribution in [2.75, 3.05) is 18.5 Å². The molecule has 27 heavy (non-hydrogen) atoms. The maximum absolute atomic E-state index is 11.0. The fourth-order valence-electron chi connectivity index (χ4n) is 3.27. The molecular weight excluding hydrogens is 408 g/mol. The number of halogens is 1. The van der Waals surface area contributed by atoms with E-state index in [4.69, 9.17) is 4.74 Å². The molecule has 0 heterocycles. The minimum Gasteiger partial charge on any atom is -0.491 e. The van der Waals surface area contributed by atoms with Gasteiger partial charge in [-0.15, -0.1) is 0 Å². The van der Waals surface area contributed by atoms with Crippen LogP contribution in [-0.4, -0.2) is 30.3 Å². The van der Waals surface area contributed by atoms with Crippen molar-refractivity contribution in [2.45, 2.75) is 37.8 Å². The van der Waals surface area contributed by atoms with Crippen molar-refractivity contribution < 1.29 is 14.6 Å². The molecule has 0 saturated heterocycles. The molecule has 1 atom stereocenters. The third-order valence-corrected chi connectivity index (χ3v) is 5.43. The number of rotatable bonds is 8. The van der Waals surface area contributed by atoms with Crippen LogP contribution in [0.2, 0.25) is 0 Å². The highest BCUT2D eigenvalue weighted by molar-refractivity contribution is 9.10. The number of hydrogen-bond donors (Lipinski definition) is 3. The van der Waals surface area contributed by atoms with Crippen LogP contribution < -0.4 is 15.4 Å². The van der Waals surface area contributed by atoms with Crippen LogP contribution in [0.5, 0.6) is 5.75 Å². The molecule has 2 aromatic carbocycles. The van der Waals surface area contributed by atoms with Crippen LogP contribution in [0.1, 0.15) is 31.7 Å². The topological polar surface area (TPSA) is 70.6 Å². The van der Waals surface area contributed by atoms with E-state index in [1.165, 1.54) is 18.9 Å². The molecule has 0 spiro atoms. The molecule has 3 rings (SSSR count). The van der Waals surface area contributed by atoms with Gasteiger partial charge in [0.2, 0.25) is 5.91 Å².